The number of pyridine rings is 1. The summed E-state index contributed by atoms with van der Waals surface area (Å²) in [6.45, 7) is 0. The maximum atomic E-state index is 5.01. The first-order valence-corrected chi connectivity index (χ1v) is 16.4. The van der Waals surface area contributed by atoms with Crippen molar-refractivity contribution in [3.05, 3.63) is 176 Å². The molecule has 3 nitrogen and oxygen atoms in total. The summed E-state index contributed by atoms with van der Waals surface area (Å²) in [4.78, 5) is 5.01. The Labute approximate surface area is 277 Å². The van der Waals surface area contributed by atoms with Crippen molar-refractivity contribution in [3.63, 3.8) is 0 Å². The van der Waals surface area contributed by atoms with E-state index in [4.69, 9.17) is 4.98 Å². The number of nitrogens with zero attached hydrogens (tertiary/aromatic N) is 3. The topological polar surface area (TPSA) is 22.8 Å². The van der Waals surface area contributed by atoms with Gasteiger partial charge >= 0.3 is 0 Å². The molecular formula is C45H29N3. The summed E-state index contributed by atoms with van der Waals surface area (Å²) in [5.41, 5.74) is 11.3. The van der Waals surface area contributed by atoms with Crippen molar-refractivity contribution in [3.8, 4) is 33.9 Å². The molecule has 3 heteroatoms. The molecule has 0 atom stereocenters. The van der Waals surface area contributed by atoms with E-state index in [1.165, 1.54) is 54.4 Å². The van der Waals surface area contributed by atoms with E-state index in [2.05, 4.69) is 179 Å². The summed E-state index contributed by atoms with van der Waals surface area (Å²) in [7, 11) is 0. The number of hydrogen-bond donors (Lipinski definition) is 0. The molecule has 0 unspecified atom stereocenters. The molecule has 0 aliphatic rings. The highest BCUT2D eigenvalue weighted by molar-refractivity contribution is 6.23. The van der Waals surface area contributed by atoms with E-state index in [0.29, 0.717) is 0 Å². The Balaban J connectivity index is 1.21. The van der Waals surface area contributed by atoms with Gasteiger partial charge in [0, 0.05) is 49.4 Å². The van der Waals surface area contributed by atoms with Crippen molar-refractivity contribution in [1.82, 2.24) is 14.1 Å². The van der Waals surface area contributed by atoms with Gasteiger partial charge in [0.25, 0.3) is 0 Å². The van der Waals surface area contributed by atoms with Crippen LogP contribution in [-0.4, -0.2) is 14.1 Å². The first kappa shape index (κ1) is 26.7. The normalized spacial score (nSPS) is 11.8. The molecule has 0 saturated carbocycles. The molecule has 224 valence electrons. The van der Waals surface area contributed by atoms with Crippen molar-refractivity contribution in [2.24, 2.45) is 0 Å². The molecule has 0 aliphatic heterocycles. The van der Waals surface area contributed by atoms with E-state index < -0.39 is 0 Å². The van der Waals surface area contributed by atoms with Gasteiger partial charge in [-0.2, -0.15) is 0 Å². The minimum Gasteiger partial charge on any atom is -0.309 e. The highest BCUT2D eigenvalue weighted by Gasteiger charge is 2.19. The van der Waals surface area contributed by atoms with Gasteiger partial charge in [0.05, 0.1) is 33.5 Å². The third-order valence-electron chi connectivity index (χ3n) is 9.70. The van der Waals surface area contributed by atoms with Crippen molar-refractivity contribution in [2.45, 2.75) is 0 Å². The molecule has 0 bridgehead atoms. The number of fused-ring (bicyclic) bond motifs is 8. The van der Waals surface area contributed by atoms with Crippen LogP contribution in [0.25, 0.3) is 88.3 Å². The fraction of sp³-hybridized carbons (Fsp3) is 0. The summed E-state index contributed by atoms with van der Waals surface area (Å²) in [6, 6.07) is 63.0. The van der Waals surface area contributed by atoms with Gasteiger partial charge < -0.3 is 9.13 Å². The predicted octanol–water partition coefficient (Wildman–Crippen LogP) is 11.8. The van der Waals surface area contributed by atoms with Crippen LogP contribution in [0.5, 0.6) is 0 Å². The maximum Gasteiger partial charge on any atom is 0.0709 e. The second-order valence-corrected chi connectivity index (χ2v) is 12.4. The van der Waals surface area contributed by atoms with Crippen molar-refractivity contribution < 1.29 is 0 Å². The van der Waals surface area contributed by atoms with Gasteiger partial charge in [-0.25, -0.2) is 4.98 Å². The Kier molecular flexibility index (Phi) is 5.87. The van der Waals surface area contributed by atoms with Crippen LogP contribution in [0, 0.1) is 0 Å². The lowest BCUT2D eigenvalue weighted by molar-refractivity contribution is 1.17. The van der Waals surface area contributed by atoms with Gasteiger partial charge in [-0.15, -0.1) is 0 Å². The summed E-state index contributed by atoms with van der Waals surface area (Å²) in [5.74, 6) is 0. The average Bonchev–Trinajstić information content (AvgIpc) is 3.67. The Bertz CT molecular complexity index is 2810. The first-order chi connectivity index (χ1) is 23.8. The minimum atomic E-state index is 0.964. The zero-order valence-corrected chi connectivity index (χ0v) is 26.1. The lowest BCUT2D eigenvalue weighted by Gasteiger charge is -2.11. The van der Waals surface area contributed by atoms with E-state index in [0.717, 1.165) is 33.9 Å². The Morgan fingerprint density at radius 3 is 1.73 bits per heavy atom. The molecule has 10 rings (SSSR count). The van der Waals surface area contributed by atoms with E-state index in [-0.39, 0.29) is 0 Å². The van der Waals surface area contributed by atoms with E-state index in [9.17, 15) is 0 Å². The number of aromatic nitrogens is 3. The highest BCUT2D eigenvalue weighted by atomic mass is 15.0. The van der Waals surface area contributed by atoms with Gasteiger partial charge in [-0.3, -0.25) is 0 Å². The molecule has 0 radical (unpaired) electrons. The maximum absolute atomic E-state index is 5.01. The highest BCUT2D eigenvalue weighted by Crippen LogP contribution is 2.41. The molecule has 7 aromatic carbocycles. The zero-order chi connectivity index (χ0) is 31.6. The average molecular weight is 612 g/mol. The molecular weight excluding hydrogens is 583 g/mol. The third-order valence-corrected chi connectivity index (χ3v) is 9.70. The van der Waals surface area contributed by atoms with Crippen LogP contribution in [0.4, 0.5) is 0 Å². The van der Waals surface area contributed by atoms with Gasteiger partial charge in [-0.05, 0) is 60.0 Å². The second-order valence-electron chi connectivity index (χ2n) is 12.4. The van der Waals surface area contributed by atoms with Crippen LogP contribution in [0.1, 0.15) is 0 Å². The number of rotatable bonds is 4. The van der Waals surface area contributed by atoms with Gasteiger partial charge in [-0.1, -0.05) is 121 Å². The quantitative estimate of drug-likeness (QED) is 0.194. The van der Waals surface area contributed by atoms with Gasteiger partial charge in [0.2, 0.25) is 0 Å². The van der Waals surface area contributed by atoms with Crippen LogP contribution in [0.2, 0.25) is 0 Å². The zero-order valence-electron chi connectivity index (χ0n) is 26.1. The fourth-order valence-corrected chi connectivity index (χ4v) is 7.51. The first-order valence-electron chi connectivity index (χ1n) is 16.4. The summed E-state index contributed by atoms with van der Waals surface area (Å²) in [5, 5.41) is 7.52. The Hall–Kier alpha value is -6.45. The Morgan fingerprint density at radius 1 is 0.333 bits per heavy atom. The van der Waals surface area contributed by atoms with Crippen LogP contribution in [0.3, 0.4) is 0 Å². The van der Waals surface area contributed by atoms with Gasteiger partial charge in [0.15, 0.2) is 0 Å². The second kappa shape index (κ2) is 10.5. The SMILES string of the molecule is c1ccc(-c2cccc(-c3ccc(-n4c5ccccc5c5cc6c7ccc8ccccc8c7n(-c7ccccc7)c6cc54)cc3)n2)cc1. The molecule has 0 amide bonds. The predicted molar refractivity (Wildman–Crippen MR) is 201 cm³/mol. The standard InChI is InChI=1S/C45H29N3/c1-3-13-31(14-4-1)40-19-11-20-41(46-40)32-22-25-34(26-23-32)47-42-21-10-9-18-36(42)38-28-39-37-27-24-30-12-7-8-17-35(30)45(37)48(44(39)29-43(38)47)33-15-5-2-6-16-33/h1-29H. The molecule has 0 aliphatic carbocycles. The summed E-state index contributed by atoms with van der Waals surface area (Å²) in [6.07, 6.45) is 0. The van der Waals surface area contributed by atoms with Gasteiger partial charge in [0.1, 0.15) is 0 Å². The van der Waals surface area contributed by atoms with Crippen LogP contribution < -0.4 is 0 Å². The van der Waals surface area contributed by atoms with E-state index >= 15 is 0 Å². The molecule has 10 aromatic rings. The molecule has 48 heavy (non-hydrogen) atoms. The Morgan fingerprint density at radius 2 is 0.938 bits per heavy atom. The van der Waals surface area contributed by atoms with E-state index in [1.54, 1.807) is 0 Å². The molecule has 3 heterocycles. The molecule has 0 N–H and O–H groups in total. The molecule has 0 fully saturated rings. The van der Waals surface area contributed by atoms with Crippen LogP contribution in [-0.2, 0) is 0 Å². The molecule has 0 spiro atoms. The largest absolute Gasteiger partial charge is 0.309 e. The van der Waals surface area contributed by atoms with Crippen molar-refractivity contribution in [2.75, 3.05) is 0 Å². The monoisotopic (exact) mass is 611 g/mol. The summed E-state index contributed by atoms with van der Waals surface area (Å²) >= 11 is 0. The lowest BCUT2D eigenvalue weighted by Crippen LogP contribution is -1.96. The van der Waals surface area contributed by atoms with Crippen molar-refractivity contribution in [1.29, 1.82) is 0 Å². The number of benzene rings is 7. The fourth-order valence-electron chi connectivity index (χ4n) is 7.51. The van der Waals surface area contributed by atoms with E-state index in [1.807, 2.05) is 6.07 Å². The number of para-hydroxylation sites is 2. The molecule has 0 saturated heterocycles. The lowest BCUT2D eigenvalue weighted by atomic mass is 10.0. The minimum absolute atomic E-state index is 0.964. The third kappa shape index (κ3) is 4.04. The smallest absolute Gasteiger partial charge is 0.0709 e. The van der Waals surface area contributed by atoms with Crippen LogP contribution in [0.15, 0.2) is 176 Å². The number of hydrogen-bond acceptors (Lipinski definition) is 1. The molecule has 3 aromatic heterocycles. The summed E-state index contributed by atoms with van der Waals surface area (Å²) < 4.78 is 4.86. The van der Waals surface area contributed by atoms with Crippen LogP contribution >= 0.6 is 0 Å². The van der Waals surface area contributed by atoms with Crippen molar-refractivity contribution >= 4 is 54.4 Å².